The largest absolute Gasteiger partial charge is 0.496 e. The van der Waals surface area contributed by atoms with E-state index in [1.54, 1.807) is 25.3 Å². The molecule has 0 aromatic heterocycles. The van der Waals surface area contributed by atoms with Crippen molar-refractivity contribution >= 4 is 34.0 Å². The van der Waals surface area contributed by atoms with Gasteiger partial charge in [-0.05, 0) is 52.9 Å². The number of benzene rings is 2. The van der Waals surface area contributed by atoms with Gasteiger partial charge in [0.25, 0.3) is 11.8 Å². The lowest BCUT2D eigenvalue weighted by Gasteiger charge is -2.19. The van der Waals surface area contributed by atoms with Crippen molar-refractivity contribution in [2.75, 3.05) is 20.8 Å². The van der Waals surface area contributed by atoms with Gasteiger partial charge in [0.1, 0.15) is 23.3 Å². The Labute approximate surface area is 202 Å². The summed E-state index contributed by atoms with van der Waals surface area (Å²) >= 11 is 3.42. The maximum atomic E-state index is 12.7. The molecule has 0 aliphatic rings. The number of para-hydroxylation sites is 1. The summed E-state index contributed by atoms with van der Waals surface area (Å²) in [5.41, 5.74) is 4.06. The first-order chi connectivity index (χ1) is 15.7. The molecule has 2 aromatic rings. The van der Waals surface area contributed by atoms with Crippen LogP contribution in [-0.2, 0) is 9.59 Å². The molecule has 0 bridgehead atoms. The highest BCUT2D eigenvalue weighted by molar-refractivity contribution is 9.10. The van der Waals surface area contributed by atoms with E-state index in [0.717, 1.165) is 10.0 Å². The monoisotopic (exact) mass is 519 g/mol. The molecule has 0 saturated carbocycles. The Morgan fingerprint density at radius 3 is 2.42 bits per heavy atom. The van der Waals surface area contributed by atoms with Gasteiger partial charge in [0.05, 0.1) is 24.9 Å². The first-order valence-electron chi connectivity index (χ1n) is 10.5. The van der Waals surface area contributed by atoms with E-state index in [2.05, 4.69) is 31.8 Å². The summed E-state index contributed by atoms with van der Waals surface area (Å²) in [6.07, 6.45) is 1.92. The van der Waals surface area contributed by atoms with Gasteiger partial charge in [-0.25, -0.2) is 5.43 Å². The molecule has 0 aliphatic heterocycles. The highest BCUT2D eigenvalue weighted by Gasteiger charge is 2.22. The van der Waals surface area contributed by atoms with Crippen LogP contribution in [0.4, 0.5) is 0 Å². The summed E-state index contributed by atoms with van der Waals surface area (Å²) in [7, 11) is 3.09. The topological polar surface area (TPSA) is 98.3 Å². The highest BCUT2D eigenvalue weighted by atomic mass is 79.9. The van der Waals surface area contributed by atoms with Gasteiger partial charge in [0.15, 0.2) is 6.61 Å². The minimum Gasteiger partial charge on any atom is -0.496 e. The van der Waals surface area contributed by atoms with E-state index < -0.39 is 11.9 Å². The van der Waals surface area contributed by atoms with Crippen molar-refractivity contribution < 1.29 is 23.8 Å². The van der Waals surface area contributed by atoms with Crippen molar-refractivity contribution in [1.29, 1.82) is 0 Å². The molecule has 178 valence electrons. The number of hydrazone groups is 1. The lowest BCUT2D eigenvalue weighted by atomic mass is 10.0. The third kappa shape index (κ3) is 8.09. The summed E-state index contributed by atoms with van der Waals surface area (Å²) in [6, 6.07) is 10.2. The number of carbonyl (C=O) groups excluding carboxylic acids is 2. The second-order valence-electron chi connectivity index (χ2n) is 7.77. The molecule has 0 fully saturated rings. The van der Waals surface area contributed by atoms with Gasteiger partial charge in [-0.2, -0.15) is 5.10 Å². The second kappa shape index (κ2) is 12.8. The molecule has 0 heterocycles. The third-order valence-electron chi connectivity index (χ3n) is 4.69. The molecule has 2 rings (SSSR count). The van der Waals surface area contributed by atoms with Gasteiger partial charge in [-0.15, -0.1) is 0 Å². The number of halogens is 1. The van der Waals surface area contributed by atoms with E-state index in [1.165, 1.54) is 13.3 Å². The van der Waals surface area contributed by atoms with Gasteiger partial charge in [0, 0.05) is 11.6 Å². The van der Waals surface area contributed by atoms with Crippen LogP contribution in [0.2, 0.25) is 0 Å². The maximum absolute atomic E-state index is 12.7. The van der Waals surface area contributed by atoms with E-state index in [9.17, 15) is 9.59 Å². The molecular formula is C24H30BrN3O5. The maximum Gasteiger partial charge on any atom is 0.262 e. The minimum atomic E-state index is -0.750. The Morgan fingerprint density at radius 1 is 1.09 bits per heavy atom. The van der Waals surface area contributed by atoms with E-state index in [4.69, 9.17) is 14.2 Å². The summed E-state index contributed by atoms with van der Waals surface area (Å²) in [5.74, 6) is 1.15. The van der Waals surface area contributed by atoms with Gasteiger partial charge < -0.3 is 19.5 Å². The number of hydrogen-bond donors (Lipinski definition) is 2. The van der Waals surface area contributed by atoms with Crippen LogP contribution in [0.3, 0.4) is 0 Å². The van der Waals surface area contributed by atoms with Crippen LogP contribution in [-0.4, -0.2) is 44.9 Å². The van der Waals surface area contributed by atoms with Crippen LogP contribution in [0.15, 0.2) is 46.0 Å². The Kier molecular flexibility index (Phi) is 10.2. The molecule has 0 spiro atoms. The number of rotatable bonds is 11. The first-order valence-corrected chi connectivity index (χ1v) is 11.3. The summed E-state index contributed by atoms with van der Waals surface area (Å²) in [4.78, 5) is 25.1. The Hall–Kier alpha value is -3.07. The van der Waals surface area contributed by atoms with Crippen LogP contribution in [0.25, 0.3) is 0 Å². The lowest BCUT2D eigenvalue weighted by Crippen LogP contribution is -2.47. The quantitative estimate of drug-likeness (QED) is 0.347. The SMILES string of the molecule is COc1cc(OC)c(/C=N\NC(=O)[C@@H](CC(C)C)NC(=O)COc2ccccc2C)cc1Br. The molecule has 8 nitrogen and oxygen atoms in total. The van der Waals surface area contributed by atoms with Gasteiger partial charge in [0.2, 0.25) is 0 Å². The molecule has 2 aromatic carbocycles. The Balaban J connectivity index is 2.01. The fraction of sp³-hybridized carbons (Fsp3) is 0.375. The number of hydrogen-bond acceptors (Lipinski definition) is 6. The van der Waals surface area contributed by atoms with Crippen molar-refractivity contribution in [2.45, 2.75) is 33.2 Å². The zero-order valence-electron chi connectivity index (χ0n) is 19.5. The van der Waals surface area contributed by atoms with Crippen molar-refractivity contribution in [3.05, 3.63) is 52.0 Å². The van der Waals surface area contributed by atoms with Crippen LogP contribution >= 0.6 is 15.9 Å². The number of methoxy groups -OCH3 is 2. The van der Waals surface area contributed by atoms with Gasteiger partial charge >= 0.3 is 0 Å². The van der Waals surface area contributed by atoms with Crippen LogP contribution < -0.4 is 25.0 Å². The van der Waals surface area contributed by atoms with Crippen molar-refractivity contribution in [3.8, 4) is 17.2 Å². The second-order valence-corrected chi connectivity index (χ2v) is 8.62. The van der Waals surface area contributed by atoms with E-state index in [0.29, 0.717) is 29.2 Å². The van der Waals surface area contributed by atoms with Gasteiger partial charge in [-0.3, -0.25) is 9.59 Å². The molecule has 2 N–H and O–H groups in total. The van der Waals surface area contributed by atoms with Crippen molar-refractivity contribution in [2.24, 2.45) is 11.0 Å². The number of nitrogens with one attached hydrogen (secondary N) is 2. The zero-order chi connectivity index (χ0) is 24.4. The molecule has 0 radical (unpaired) electrons. The molecule has 2 amide bonds. The average Bonchev–Trinajstić information content (AvgIpc) is 2.78. The summed E-state index contributed by atoms with van der Waals surface area (Å²) in [6.45, 7) is 5.65. The fourth-order valence-electron chi connectivity index (χ4n) is 3.03. The smallest absolute Gasteiger partial charge is 0.262 e. The fourth-order valence-corrected chi connectivity index (χ4v) is 3.55. The molecule has 0 saturated heterocycles. The molecule has 9 heteroatoms. The van der Waals surface area contributed by atoms with Crippen molar-refractivity contribution in [1.82, 2.24) is 10.7 Å². The van der Waals surface area contributed by atoms with Crippen LogP contribution in [0.5, 0.6) is 17.2 Å². The minimum absolute atomic E-state index is 0.181. The number of nitrogens with zero attached hydrogens (tertiary/aromatic N) is 1. The van der Waals surface area contributed by atoms with Crippen LogP contribution in [0, 0.1) is 12.8 Å². The van der Waals surface area contributed by atoms with Crippen LogP contribution in [0.1, 0.15) is 31.4 Å². The molecule has 33 heavy (non-hydrogen) atoms. The van der Waals surface area contributed by atoms with Gasteiger partial charge in [-0.1, -0.05) is 32.0 Å². The lowest BCUT2D eigenvalue weighted by molar-refractivity contribution is -0.130. The van der Waals surface area contributed by atoms with E-state index in [1.807, 2.05) is 39.0 Å². The zero-order valence-corrected chi connectivity index (χ0v) is 21.1. The summed E-state index contributed by atoms with van der Waals surface area (Å²) < 4.78 is 16.9. The molecular weight excluding hydrogens is 490 g/mol. The Bertz CT molecular complexity index is 994. The average molecular weight is 520 g/mol. The molecule has 0 unspecified atom stereocenters. The third-order valence-corrected chi connectivity index (χ3v) is 5.31. The number of aryl methyl sites for hydroxylation is 1. The number of carbonyl (C=O) groups is 2. The Morgan fingerprint density at radius 2 is 1.79 bits per heavy atom. The standard InChI is InChI=1S/C24H30BrN3O5/c1-15(2)10-19(27-23(29)14-33-20-9-7-6-8-16(20)3)24(30)28-26-13-17-11-18(25)22(32-5)12-21(17)31-4/h6-9,11-13,15,19H,10,14H2,1-5H3,(H,27,29)(H,28,30)/b26-13-/t19-/m1/s1. The van der Waals surface area contributed by atoms with Crippen molar-refractivity contribution in [3.63, 3.8) is 0 Å². The molecule has 1 atom stereocenters. The summed E-state index contributed by atoms with van der Waals surface area (Å²) in [5, 5.41) is 6.77. The first kappa shape index (κ1) is 26.2. The highest BCUT2D eigenvalue weighted by Crippen LogP contribution is 2.31. The number of ether oxygens (including phenoxy) is 3. The normalized spacial score (nSPS) is 11.8. The predicted octanol–water partition coefficient (Wildman–Crippen LogP) is 3.83. The molecule has 0 aliphatic carbocycles. The van der Waals surface area contributed by atoms with E-state index >= 15 is 0 Å². The number of amides is 2. The predicted molar refractivity (Wildman–Crippen MR) is 131 cm³/mol. The van der Waals surface area contributed by atoms with E-state index in [-0.39, 0.29) is 18.4 Å².